The van der Waals surface area contributed by atoms with Crippen LogP contribution in [0.4, 0.5) is 17.1 Å². The summed E-state index contributed by atoms with van der Waals surface area (Å²) in [6, 6.07) is 10.7. The highest BCUT2D eigenvalue weighted by molar-refractivity contribution is 7.91. The number of aryl methyl sites for hydroxylation is 1. The molecule has 8 heteroatoms. The zero-order valence-electron chi connectivity index (χ0n) is 19.1. The quantitative estimate of drug-likeness (QED) is 0.655. The highest BCUT2D eigenvalue weighted by Crippen LogP contribution is 2.30. The van der Waals surface area contributed by atoms with Crippen molar-refractivity contribution < 1.29 is 18.0 Å². The molecule has 0 spiro atoms. The highest BCUT2D eigenvalue weighted by atomic mass is 32.2. The number of carbonyl (C=O) groups is 2. The van der Waals surface area contributed by atoms with Crippen LogP contribution >= 0.6 is 0 Å². The monoisotopic (exact) mass is 457 g/mol. The van der Waals surface area contributed by atoms with Crippen LogP contribution in [0.3, 0.4) is 0 Å². The van der Waals surface area contributed by atoms with Crippen molar-refractivity contribution in [1.82, 2.24) is 0 Å². The molecule has 1 aliphatic heterocycles. The molecule has 0 aromatic heterocycles. The summed E-state index contributed by atoms with van der Waals surface area (Å²) in [5, 5.41) is 2.83. The smallest absolute Gasteiger partial charge is 0.225 e. The first-order valence-electron chi connectivity index (χ1n) is 11.0. The molecule has 1 N–H and O–H groups in total. The van der Waals surface area contributed by atoms with Gasteiger partial charge in [-0.3, -0.25) is 9.59 Å². The lowest BCUT2D eigenvalue weighted by atomic mass is 10.1. The van der Waals surface area contributed by atoms with E-state index in [4.69, 9.17) is 0 Å². The Morgan fingerprint density at radius 1 is 1.09 bits per heavy atom. The van der Waals surface area contributed by atoms with E-state index >= 15 is 0 Å². The van der Waals surface area contributed by atoms with Gasteiger partial charge in [-0.25, -0.2) is 8.42 Å². The Balaban J connectivity index is 1.64. The number of sulfone groups is 1. The number of anilines is 3. The summed E-state index contributed by atoms with van der Waals surface area (Å²) in [5.41, 5.74) is 4.31. The number of nitrogens with one attached hydrogen (secondary N) is 1. The van der Waals surface area contributed by atoms with E-state index < -0.39 is 9.84 Å². The van der Waals surface area contributed by atoms with Gasteiger partial charge in [0.05, 0.1) is 10.6 Å². The van der Waals surface area contributed by atoms with Crippen LogP contribution < -0.4 is 15.1 Å². The molecular formula is C24H31N3O4S. The molecule has 2 amide bonds. The van der Waals surface area contributed by atoms with Gasteiger partial charge in [-0.15, -0.1) is 0 Å². The van der Waals surface area contributed by atoms with Crippen LogP contribution in [0.15, 0.2) is 41.3 Å². The molecule has 172 valence electrons. The third kappa shape index (κ3) is 5.12. The minimum Gasteiger partial charge on any atom is -0.372 e. The summed E-state index contributed by atoms with van der Waals surface area (Å²) >= 11 is 0. The van der Waals surface area contributed by atoms with Crippen LogP contribution in [0.5, 0.6) is 0 Å². The lowest BCUT2D eigenvalue weighted by Crippen LogP contribution is -2.25. The summed E-state index contributed by atoms with van der Waals surface area (Å²) in [5.74, 6) is -0.669. The van der Waals surface area contributed by atoms with Crippen molar-refractivity contribution in [3.8, 4) is 0 Å². The molecule has 0 fully saturated rings. The van der Waals surface area contributed by atoms with Gasteiger partial charge in [0.2, 0.25) is 11.8 Å². The van der Waals surface area contributed by atoms with Gasteiger partial charge < -0.3 is 15.1 Å². The van der Waals surface area contributed by atoms with E-state index in [1.807, 2.05) is 25.1 Å². The van der Waals surface area contributed by atoms with E-state index in [9.17, 15) is 18.0 Å². The molecule has 7 nitrogen and oxygen atoms in total. The maximum Gasteiger partial charge on any atom is 0.225 e. The normalized spacial score (nSPS) is 13.1. The fraction of sp³-hybridized carbons (Fsp3) is 0.417. The van der Waals surface area contributed by atoms with Crippen molar-refractivity contribution in [2.75, 3.05) is 40.5 Å². The molecule has 0 bridgehead atoms. The molecular weight excluding hydrogens is 426 g/mol. The molecule has 1 heterocycles. The van der Waals surface area contributed by atoms with Crippen molar-refractivity contribution >= 4 is 38.7 Å². The maximum absolute atomic E-state index is 12.8. The number of rotatable bonds is 8. The number of benzene rings is 2. The lowest BCUT2D eigenvalue weighted by Gasteiger charge is -2.22. The Kier molecular flexibility index (Phi) is 7.23. The van der Waals surface area contributed by atoms with Crippen molar-refractivity contribution in [1.29, 1.82) is 0 Å². The summed E-state index contributed by atoms with van der Waals surface area (Å²) in [6.45, 7) is 9.96. The van der Waals surface area contributed by atoms with Gasteiger partial charge in [-0.05, 0) is 74.7 Å². The Morgan fingerprint density at radius 2 is 1.81 bits per heavy atom. The number of hydrogen-bond acceptors (Lipinski definition) is 5. The lowest BCUT2D eigenvalue weighted by molar-refractivity contribution is -0.117. The second-order valence-corrected chi connectivity index (χ2v) is 10.1. The topological polar surface area (TPSA) is 86.8 Å². The van der Waals surface area contributed by atoms with E-state index in [0.29, 0.717) is 18.7 Å². The number of nitrogens with zero attached hydrogens (tertiary/aromatic N) is 2. The minimum absolute atomic E-state index is 0.0588. The third-order valence-electron chi connectivity index (χ3n) is 5.90. The number of carbonyl (C=O) groups excluding carboxylic acids is 2. The van der Waals surface area contributed by atoms with Crippen molar-refractivity contribution in [2.45, 2.75) is 45.4 Å². The average molecular weight is 458 g/mol. The number of hydrogen-bond donors (Lipinski definition) is 1. The largest absolute Gasteiger partial charge is 0.372 e. The Hall–Kier alpha value is -2.87. The van der Waals surface area contributed by atoms with Gasteiger partial charge >= 0.3 is 0 Å². The van der Waals surface area contributed by atoms with E-state index in [1.165, 1.54) is 13.0 Å². The zero-order chi connectivity index (χ0) is 23.5. The van der Waals surface area contributed by atoms with Crippen LogP contribution in [0.25, 0.3) is 0 Å². The van der Waals surface area contributed by atoms with Gasteiger partial charge in [0.15, 0.2) is 9.84 Å². The van der Waals surface area contributed by atoms with Crippen molar-refractivity contribution in [3.05, 3.63) is 47.5 Å². The first kappa shape index (κ1) is 23.8. The zero-order valence-corrected chi connectivity index (χ0v) is 20.0. The molecule has 0 aliphatic carbocycles. The van der Waals surface area contributed by atoms with Gasteiger partial charge in [0.25, 0.3) is 0 Å². The van der Waals surface area contributed by atoms with Crippen LogP contribution in [-0.4, -0.2) is 45.6 Å². The van der Waals surface area contributed by atoms with Crippen LogP contribution in [0.1, 0.15) is 38.3 Å². The molecule has 1 aliphatic rings. The predicted molar refractivity (Wildman–Crippen MR) is 128 cm³/mol. The summed E-state index contributed by atoms with van der Waals surface area (Å²) in [6.07, 6.45) is 0.498. The molecule has 0 atom stereocenters. The molecule has 32 heavy (non-hydrogen) atoms. The van der Waals surface area contributed by atoms with E-state index in [1.54, 1.807) is 17.0 Å². The maximum atomic E-state index is 12.8. The Bertz CT molecular complexity index is 1120. The predicted octanol–water partition coefficient (Wildman–Crippen LogP) is 3.55. The minimum atomic E-state index is -3.61. The first-order valence-corrected chi connectivity index (χ1v) is 12.6. The molecule has 0 saturated carbocycles. The molecule has 0 radical (unpaired) electrons. The van der Waals surface area contributed by atoms with Gasteiger partial charge in [0, 0.05) is 50.0 Å². The van der Waals surface area contributed by atoms with Crippen LogP contribution in [0.2, 0.25) is 0 Å². The number of fused-ring (bicyclic) bond motifs is 1. The SMILES string of the molecule is CCN(CC)c1ccc(NC(=O)CCS(=O)(=O)c2ccc3c(c2)CCN3C(C)=O)c(C)c1. The van der Waals surface area contributed by atoms with E-state index in [-0.39, 0.29) is 28.9 Å². The standard InChI is InChI=1S/C24H31N3O4S/c1-5-26(6-2)20-7-9-22(17(3)15-20)25-24(29)12-14-32(30,31)21-8-10-23-19(16-21)11-13-27(23)18(4)28/h7-10,15-16H,5-6,11-14H2,1-4H3,(H,25,29). The first-order chi connectivity index (χ1) is 15.2. The Morgan fingerprint density at radius 3 is 2.44 bits per heavy atom. The third-order valence-corrected chi connectivity index (χ3v) is 7.61. The summed E-state index contributed by atoms with van der Waals surface area (Å²) in [4.78, 5) is 28.2. The number of amides is 2. The van der Waals surface area contributed by atoms with Crippen molar-refractivity contribution in [3.63, 3.8) is 0 Å². The van der Waals surface area contributed by atoms with Crippen LogP contribution in [-0.2, 0) is 25.8 Å². The Labute approximate surface area is 190 Å². The van der Waals surface area contributed by atoms with E-state index in [0.717, 1.165) is 35.6 Å². The van der Waals surface area contributed by atoms with E-state index in [2.05, 4.69) is 24.1 Å². The van der Waals surface area contributed by atoms with Crippen LogP contribution in [0, 0.1) is 6.92 Å². The molecule has 0 saturated heterocycles. The van der Waals surface area contributed by atoms with Gasteiger partial charge in [-0.2, -0.15) is 0 Å². The van der Waals surface area contributed by atoms with Crippen molar-refractivity contribution in [2.24, 2.45) is 0 Å². The molecule has 3 rings (SSSR count). The molecule has 0 unspecified atom stereocenters. The summed E-state index contributed by atoms with van der Waals surface area (Å²) < 4.78 is 25.6. The summed E-state index contributed by atoms with van der Waals surface area (Å²) in [7, 11) is -3.61. The second kappa shape index (κ2) is 9.73. The molecule has 2 aromatic rings. The molecule has 2 aromatic carbocycles. The fourth-order valence-electron chi connectivity index (χ4n) is 4.03. The van der Waals surface area contributed by atoms with Gasteiger partial charge in [0.1, 0.15) is 0 Å². The second-order valence-electron chi connectivity index (χ2n) is 8.00. The fourth-order valence-corrected chi connectivity index (χ4v) is 5.32. The van der Waals surface area contributed by atoms with Gasteiger partial charge in [-0.1, -0.05) is 0 Å². The highest BCUT2D eigenvalue weighted by Gasteiger charge is 2.25. The average Bonchev–Trinajstić information content (AvgIpc) is 3.19.